The lowest BCUT2D eigenvalue weighted by Gasteiger charge is -2.29. The Morgan fingerprint density at radius 3 is 2.46 bits per heavy atom. The number of anilines is 2. The van der Waals surface area contributed by atoms with Crippen LogP contribution in [0.1, 0.15) is 38.3 Å². The Labute approximate surface area is 211 Å². The molecular weight excluding hydrogens is 454 g/mol. The van der Waals surface area contributed by atoms with Crippen molar-refractivity contribution >= 4 is 22.4 Å². The second kappa shape index (κ2) is 10.4. The fourth-order valence-corrected chi connectivity index (χ4v) is 5.45. The predicted molar refractivity (Wildman–Crippen MR) is 144 cm³/mol. The summed E-state index contributed by atoms with van der Waals surface area (Å²) in [6.45, 7) is 6.54. The summed E-state index contributed by atoms with van der Waals surface area (Å²) in [4.78, 5) is 18.0. The van der Waals surface area contributed by atoms with Gasteiger partial charge in [0.2, 0.25) is 5.95 Å². The lowest BCUT2D eigenvalue weighted by molar-refractivity contribution is 0.415. The number of ether oxygens (including phenoxy) is 1. The highest BCUT2D eigenvalue weighted by molar-refractivity contribution is 7.19. The lowest BCUT2D eigenvalue weighted by Crippen LogP contribution is -2.32. The van der Waals surface area contributed by atoms with E-state index in [-0.39, 0.29) is 6.04 Å². The predicted octanol–water partition coefficient (Wildman–Crippen LogP) is 6.69. The molecule has 0 bridgehead atoms. The molecule has 2 aromatic heterocycles. The largest absolute Gasteiger partial charge is 0.497 e. The summed E-state index contributed by atoms with van der Waals surface area (Å²) < 4.78 is 5.36. The minimum absolute atomic E-state index is 0.0971. The van der Waals surface area contributed by atoms with Crippen molar-refractivity contribution in [3.05, 3.63) is 72.4 Å². The zero-order valence-electron chi connectivity index (χ0n) is 20.4. The molecule has 1 aliphatic rings. The Morgan fingerprint density at radius 2 is 1.74 bits per heavy atom. The average Bonchev–Trinajstić information content (AvgIpc) is 3.35. The highest BCUT2D eigenvalue weighted by Crippen LogP contribution is 2.41. The van der Waals surface area contributed by atoms with Crippen molar-refractivity contribution in [3.63, 3.8) is 0 Å². The molecule has 7 heteroatoms. The lowest BCUT2D eigenvalue weighted by atomic mass is 10.00. The van der Waals surface area contributed by atoms with E-state index in [1.165, 1.54) is 18.4 Å². The summed E-state index contributed by atoms with van der Waals surface area (Å²) in [7, 11) is 1.69. The molecule has 180 valence electrons. The second-order valence-corrected chi connectivity index (χ2v) is 10.1. The van der Waals surface area contributed by atoms with Gasteiger partial charge >= 0.3 is 0 Å². The fourth-order valence-electron chi connectivity index (χ4n) is 4.34. The molecule has 2 aromatic carbocycles. The molecule has 5 rings (SSSR count). The quantitative estimate of drug-likeness (QED) is 0.315. The zero-order valence-corrected chi connectivity index (χ0v) is 21.3. The summed E-state index contributed by atoms with van der Waals surface area (Å²) in [5.41, 5.74) is 4.08. The molecule has 0 radical (unpaired) electrons. The molecule has 1 saturated heterocycles. The smallest absolute Gasteiger partial charge is 0.223 e. The van der Waals surface area contributed by atoms with Crippen molar-refractivity contribution in [2.75, 3.05) is 30.4 Å². The van der Waals surface area contributed by atoms with Crippen molar-refractivity contribution in [2.24, 2.45) is 5.92 Å². The first-order valence-electron chi connectivity index (χ1n) is 12.2. The van der Waals surface area contributed by atoms with Crippen molar-refractivity contribution in [3.8, 4) is 27.6 Å². The number of hydrogen-bond acceptors (Lipinski definition) is 7. The Bertz CT molecular complexity index is 1250. The number of piperidine rings is 1. The van der Waals surface area contributed by atoms with Crippen LogP contribution in [0.3, 0.4) is 0 Å². The van der Waals surface area contributed by atoms with E-state index in [1.54, 1.807) is 18.4 Å². The van der Waals surface area contributed by atoms with E-state index < -0.39 is 0 Å². The number of methoxy groups -OCH3 is 1. The van der Waals surface area contributed by atoms with Crippen molar-refractivity contribution in [2.45, 2.75) is 32.7 Å². The van der Waals surface area contributed by atoms with Crippen LogP contribution in [0.2, 0.25) is 0 Å². The molecule has 0 saturated carbocycles. The van der Waals surface area contributed by atoms with Crippen LogP contribution in [0.15, 0.2) is 66.9 Å². The van der Waals surface area contributed by atoms with E-state index >= 15 is 0 Å². The van der Waals surface area contributed by atoms with Gasteiger partial charge in [0.15, 0.2) is 5.13 Å². The minimum atomic E-state index is 0.0971. The van der Waals surface area contributed by atoms with Gasteiger partial charge in [-0.05, 0) is 61.6 Å². The molecule has 35 heavy (non-hydrogen) atoms. The minimum Gasteiger partial charge on any atom is -0.497 e. The summed E-state index contributed by atoms with van der Waals surface area (Å²) in [6.07, 6.45) is 4.22. The third-order valence-electron chi connectivity index (χ3n) is 6.57. The highest BCUT2D eigenvalue weighted by atomic mass is 32.1. The monoisotopic (exact) mass is 485 g/mol. The molecule has 6 nitrogen and oxygen atoms in total. The first-order chi connectivity index (χ1) is 17.1. The summed E-state index contributed by atoms with van der Waals surface area (Å²) >= 11 is 1.71. The molecule has 0 aliphatic carbocycles. The molecule has 1 aliphatic heterocycles. The van der Waals surface area contributed by atoms with Gasteiger partial charge in [0.25, 0.3) is 0 Å². The van der Waals surface area contributed by atoms with Crippen LogP contribution >= 0.6 is 11.3 Å². The Kier molecular flexibility index (Phi) is 6.95. The second-order valence-electron chi connectivity index (χ2n) is 9.11. The standard InChI is InChI=1S/C28H31N5OS/c1-19-14-17-33(18-15-19)28-32-25(22-9-11-23(34-3)12-10-22)26(35-28)24-13-16-29-27(31-24)30-20(2)21-7-5-4-6-8-21/h4-13,16,19-20H,14-15,17-18H2,1-3H3,(H,29,30,31)/t20-/m0/s1. The van der Waals surface area contributed by atoms with Gasteiger partial charge in [0.1, 0.15) is 5.75 Å². The third kappa shape index (κ3) is 5.30. The highest BCUT2D eigenvalue weighted by Gasteiger charge is 2.23. The molecule has 4 aromatic rings. The first-order valence-corrected chi connectivity index (χ1v) is 13.0. The van der Waals surface area contributed by atoms with Gasteiger partial charge in [-0.2, -0.15) is 0 Å². The average molecular weight is 486 g/mol. The Hall–Kier alpha value is -3.45. The third-order valence-corrected chi connectivity index (χ3v) is 7.71. The molecule has 1 fully saturated rings. The first kappa shape index (κ1) is 23.3. The number of benzene rings is 2. The Balaban J connectivity index is 1.49. The Morgan fingerprint density at radius 1 is 1.00 bits per heavy atom. The van der Waals surface area contributed by atoms with E-state index in [4.69, 9.17) is 14.7 Å². The normalized spacial score (nSPS) is 15.1. The van der Waals surface area contributed by atoms with Gasteiger partial charge in [0, 0.05) is 24.8 Å². The number of aromatic nitrogens is 3. The van der Waals surface area contributed by atoms with Crippen LogP contribution in [0.5, 0.6) is 5.75 Å². The van der Waals surface area contributed by atoms with Crippen molar-refractivity contribution in [1.82, 2.24) is 15.0 Å². The molecule has 1 N–H and O–H groups in total. The van der Waals surface area contributed by atoms with Crippen LogP contribution < -0.4 is 15.0 Å². The van der Waals surface area contributed by atoms with Gasteiger partial charge in [-0.1, -0.05) is 48.6 Å². The molecule has 1 atom stereocenters. The van der Waals surface area contributed by atoms with E-state index in [9.17, 15) is 0 Å². The summed E-state index contributed by atoms with van der Waals surface area (Å²) in [5, 5.41) is 4.51. The fraction of sp³-hybridized carbons (Fsp3) is 0.321. The number of rotatable bonds is 7. The van der Waals surface area contributed by atoms with Crippen molar-refractivity contribution in [1.29, 1.82) is 0 Å². The number of thiazole rings is 1. The molecule has 0 spiro atoms. The van der Waals surface area contributed by atoms with Gasteiger partial charge in [-0.15, -0.1) is 0 Å². The van der Waals surface area contributed by atoms with E-state index in [1.807, 2.05) is 42.6 Å². The number of nitrogens with one attached hydrogen (secondary N) is 1. The molecular formula is C28H31N5OS. The SMILES string of the molecule is COc1ccc(-c2nc(N3CCC(C)CC3)sc2-c2ccnc(N[C@@H](C)c3ccccc3)n2)cc1. The maximum Gasteiger partial charge on any atom is 0.223 e. The summed E-state index contributed by atoms with van der Waals surface area (Å²) in [6, 6.07) is 20.5. The van der Waals surface area contributed by atoms with Gasteiger partial charge in [-0.3, -0.25) is 0 Å². The van der Waals surface area contributed by atoms with E-state index in [0.717, 1.165) is 51.7 Å². The van der Waals surface area contributed by atoms with Gasteiger partial charge in [0.05, 0.1) is 29.4 Å². The molecule has 0 unspecified atom stereocenters. The van der Waals surface area contributed by atoms with Gasteiger partial charge < -0.3 is 15.0 Å². The zero-order chi connectivity index (χ0) is 24.2. The van der Waals surface area contributed by atoms with E-state index in [0.29, 0.717) is 5.95 Å². The molecule has 3 heterocycles. The topological polar surface area (TPSA) is 63.2 Å². The maximum absolute atomic E-state index is 5.36. The number of hydrogen-bond donors (Lipinski definition) is 1. The molecule has 0 amide bonds. The summed E-state index contributed by atoms with van der Waals surface area (Å²) in [5.74, 6) is 2.22. The van der Waals surface area contributed by atoms with Crippen LogP contribution in [0.4, 0.5) is 11.1 Å². The van der Waals surface area contributed by atoms with Gasteiger partial charge in [-0.25, -0.2) is 15.0 Å². The maximum atomic E-state index is 5.36. The number of nitrogens with zero attached hydrogens (tertiary/aromatic N) is 4. The van der Waals surface area contributed by atoms with Crippen LogP contribution in [0.25, 0.3) is 21.8 Å². The van der Waals surface area contributed by atoms with Crippen LogP contribution in [-0.2, 0) is 0 Å². The van der Waals surface area contributed by atoms with Crippen LogP contribution in [0, 0.1) is 5.92 Å². The van der Waals surface area contributed by atoms with Crippen molar-refractivity contribution < 1.29 is 4.74 Å². The van der Waals surface area contributed by atoms with E-state index in [2.05, 4.69) is 53.3 Å². The van der Waals surface area contributed by atoms with Crippen LogP contribution in [-0.4, -0.2) is 35.2 Å².